The van der Waals surface area contributed by atoms with Gasteiger partial charge in [-0.25, -0.2) is 0 Å². The zero-order valence-electron chi connectivity index (χ0n) is 16.2. The lowest BCUT2D eigenvalue weighted by Crippen LogP contribution is -2.32. The minimum absolute atomic E-state index is 0.144. The van der Waals surface area contributed by atoms with E-state index in [0.29, 0.717) is 11.3 Å². The lowest BCUT2D eigenvalue weighted by molar-refractivity contribution is -0.117. The summed E-state index contributed by atoms with van der Waals surface area (Å²) < 4.78 is 0. The second-order valence-corrected chi connectivity index (χ2v) is 6.79. The quantitative estimate of drug-likeness (QED) is 0.828. The number of nitriles is 1. The van der Waals surface area contributed by atoms with E-state index in [9.17, 15) is 14.9 Å². The van der Waals surface area contributed by atoms with Gasteiger partial charge in [-0.1, -0.05) is 44.2 Å². The third kappa shape index (κ3) is 4.95. The Labute approximate surface area is 160 Å². The van der Waals surface area contributed by atoms with Crippen LogP contribution in [0.2, 0.25) is 0 Å². The van der Waals surface area contributed by atoms with Crippen molar-refractivity contribution in [3.8, 4) is 6.07 Å². The molecule has 2 aromatic carbocycles. The molecule has 0 aromatic heterocycles. The summed E-state index contributed by atoms with van der Waals surface area (Å²) in [6.45, 7) is 7.78. The molecule has 0 radical (unpaired) electrons. The van der Waals surface area contributed by atoms with E-state index < -0.39 is 0 Å². The minimum atomic E-state index is -0.204. The molecule has 0 spiro atoms. The molecule has 5 nitrogen and oxygen atoms in total. The second kappa shape index (κ2) is 9.00. The van der Waals surface area contributed by atoms with Crippen LogP contribution in [0.15, 0.2) is 42.5 Å². The number of para-hydroxylation sites is 2. The lowest BCUT2D eigenvalue weighted by Gasteiger charge is -2.22. The van der Waals surface area contributed by atoms with Gasteiger partial charge in [0.25, 0.3) is 0 Å². The number of nitrogens with zero attached hydrogens (tertiary/aromatic N) is 2. The molecule has 0 unspecified atom stereocenters. The predicted octanol–water partition coefficient (Wildman–Crippen LogP) is 4.37. The maximum Gasteiger partial charge on any atom is 0.226 e. The zero-order valence-corrected chi connectivity index (χ0v) is 16.2. The zero-order chi connectivity index (χ0) is 20.0. The number of rotatable bonds is 6. The number of hydrogen-bond acceptors (Lipinski definition) is 3. The van der Waals surface area contributed by atoms with Crippen LogP contribution in [0, 0.1) is 18.3 Å². The van der Waals surface area contributed by atoms with Crippen LogP contribution in [0.3, 0.4) is 0 Å². The van der Waals surface area contributed by atoms with Crippen molar-refractivity contribution in [1.82, 2.24) is 0 Å². The molecule has 0 aliphatic rings. The Morgan fingerprint density at radius 2 is 1.85 bits per heavy atom. The standard InChI is InChI=1S/C22H25N3O2/c1-15(2)19-10-7-8-16(3)22(19)24-21(27)12-13-25(17(4)26)20-11-6-5-9-18(20)14-23/h5-11,15H,12-13H2,1-4H3,(H,24,27). The van der Waals surface area contributed by atoms with Crippen molar-refractivity contribution in [3.63, 3.8) is 0 Å². The van der Waals surface area contributed by atoms with Gasteiger partial charge in [-0.15, -0.1) is 0 Å². The number of nitrogens with one attached hydrogen (secondary N) is 1. The molecule has 5 heteroatoms. The summed E-state index contributed by atoms with van der Waals surface area (Å²) in [6.07, 6.45) is 0.144. The molecule has 1 N–H and O–H groups in total. The Morgan fingerprint density at radius 1 is 1.15 bits per heavy atom. The van der Waals surface area contributed by atoms with Gasteiger partial charge in [-0.3, -0.25) is 9.59 Å². The summed E-state index contributed by atoms with van der Waals surface area (Å²) in [4.78, 5) is 26.1. The maximum absolute atomic E-state index is 12.5. The first-order valence-electron chi connectivity index (χ1n) is 9.01. The van der Waals surface area contributed by atoms with Crippen LogP contribution < -0.4 is 10.2 Å². The van der Waals surface area contributed by atoms with E-state index in [2.05, 4.69) is 25.2 Å². The Morgan fingerprint density at radius 3 is 2.48 bits per heavy atom. The highest BCUT2D eigenvalue weighted by molar-refractivity contribution is 5.96. The molecule has 2 amide bonds. The number of anilines is 2. The molecule has 0 fully saturated rings. The third-order valence-electron chi connectivity index (χ3n) is 4.45. The molecule has 0 atom stereocenters. The second-order valence-electron chi connectivity index (χ2n) is 6.79. The molecule has 0 aliphatic carbocycles. The van der Waals surface area contributed by atoms with Crippen molar-refractivity contribution in [2.24, 2.45) is 0 Å². The molecule has 0 heterocycles. The van der Waals surface area contributed by atoms with Crippen molar-refractivity contribution in [1.29, 1.82) is 5.26 Å². The SMILES string of the molecule is CC(=O)N(CCC(=O)Nc1c(C)cccc1C(C)C)c1ccccc1C#N. The summed E-state index contributed by atoms with van der Waals surface area (Å²) in [7, 11) is 0. The van der Waals surface area contributed by atoms with Gasteiger partial charge in [-0.05, 0) is 36.1 Å². The molecule has 2 aromatic rings. The fourth-order valence-electron chi connectivity index (χ4n) is 3.01. The molecule has 0 aliphatic heterocycles. The lowest BCUT2D eigenvalue weighted by atomic mass is 9.98. The van der Waals surface area contributed by atoms with Crippen LogP contribution in [0.4, 0.5) is 11.4 Å². The van der Waals surface area contributed by atoms with Crippen LogP contribution >= 0.6 is 0 Å². The molecule has 0 bridgehead atoms. The van der Waals surface area contributed by atoms with E-state index in [1.807, 2.05) is 25.1 Å². The first kappa shape index (κ1) is 20.2. The Kier molecular flexibility index (Phi) is 6.73. The number of carbonyl (C=O) groups excluding carboxylic acids is 2. The van der Waals surface area contributed by atoms with Crippen LogP contribution in [-0.2, 0) is 9.59 Å². The Balaban J connectivity index is 2.15. The monoisotopic (exact) mass is 363 g/mol. The van der Waals surface area contributed by atoms with Crippen LogP contribution in [-0.4, -0.2) is 18.4 Å². The van der Waals surface area contributed by atoms with Gasteiger partial charge in [0.2, 0.25) is 11.8 Å². The van der Waals surface area contributed by atoms with Crippen molar-refractivity contribution < 1.29 is 9.59 Å². The first-order chi connectivity index (χ1) is 12.8. The smallest absolute Gasteiger partial charge is 0.226 e. The van der Waals surface area contributed by atoms with Gasteiger partial charge in [0.1, 0.15) is 6.07 Å². The van der Waals surface area contributed by atoms with E-state index >= 15 is 0 Å². The van der Waals surface area contributed by atoms with Gasteiger partial charge >= 0.3 is 0 Å². The van der Waals surface area contributed by atoms with E-state index in [-0.39, 0.29) is 30.7 Å². The molecule has 27 heavy (non-hydrogen) atoms. The number of amides is 2. The molecular formula is C22H25N3O2. The van der Waals surface area contributed by atoms with E-state index in [1.54, 1.807) is 24.3 Å². The van der Waals surface area contributed by atoms with Crippen molar-refractivity contribution in [2.75, 3.05) is 16.8 Å². The van der Waals surface area contributed by atoms with Gasteiger partial charge in [-0.2, -0.15) is 5.26 Å². The van der Waals surface area contributed by atoms with Crippen LogP contribution in [0.1, 0.15) is 49.8 Å². The summed E-state index contributed by atoms with van der Waals surface area (Å²) in [5, 5.41) is 12.3. The molecule has 0 saturated carbocycles. The van der Waals surface area contributed by atoms with Gasteiger partial charge in [0, 0.05) is 25.6 Å². The fourth-order valence-corrected chi connectivity index (χ4v) is 3.01. The minimum Gasteiger partial charge on any atom is -0.326 e. The number of hydrogen-bond donors (Lipinski definition) is 1. The van der Waals surface area contributed by atoms with E-state index in [0.717, 1.165) is 16.8 Å². The number of carbonyl (C=O) groups is 2. The van der Waals surface area contributed by atoms with Crippen LogP contribution in [0.25, 0.3) is 0 Å². The van der Waals surface area contributed by atoms with Crippen LogP contribution in [0.5, 0.6) is 0 Å². The number of benzene rings is 2. The van der Waals surface area contributed by atoms with Crippen molar-refractivity contribution in [2.45, 2.75) is 40.0 Å². The Bertz CT molecular complexity index is 881. The summed E-state index contributed by atoms with van der Waals surface area (Å²) in [5.41, 5.74) is 3.87. The highest BCUT2D eigenvalue weighted by Gasteiger charge is 2.18. The maximum atomic E-state index is 12.5. The van der Waals surface area contributed by atoms with E-state index in [4.69, 9.17) is 0 Å². The summed E-state index contributed by atoms with van der Waals surface area (Å²) >= 11 is 0. The highest BCUT2D eigenvalue weighted by Crippen LogP contribution is 2.27. The third-order valence-corrected chi connectivity index (χ3v) is 4.45. The average Bonchev–Trinajstić information content (AvgIpc) is 2.63. The number of aryl methyl sites for hydroxylation is 1. The highest BCUT2D eigenvalue weighted by atomic mass is 16.2. The molecular weight excluding hydrogens is 338 g/mol. The normalized spacial score (nSPS) is 10.4. The van der Waals surface area contributed by atoms with Crippen molar-refractivity contribution >= 4 is 23.2 Å². The van der Waals surface area contributed by atoms with Gasteiger partial charge in [0.15, 0.2) is 0 Å². The largest absolute Gasteiger partial charge is 0.326 e. The molecule has 2 rings (SSSR count). The fraction of sp³-hybridized carbons (Fsp3) is 0.318. The average molecular weight is 363 g/mol. The first-order valence-corrected chi connectivity index (χ1v) is 9.01. The molecule has 140 valence electrons. The van der Waals surface area contributed by atoms with Gasteiger partial charge < -0.3 is 10.2 Å². The topological polar surface area (TPSA) is 73.2 Å². The summed E-state index contributed by atoms with van der Waals surface area (Å²) in [6, 6.07) is 15.0. The summed E-state index contributed by atoms with van der Waals surface area (Å²) in [5.74, 6) is -0.0763. The predicted molar refractivity (Wildman–Crippen MR) is 108 cm³/mol. The van der Waals surface area contributed by atoms with Gasteiger partial charge in [0.05, 0.1) is 11.3 Å². The van der Waals surface area contributed by atoms with Crippen molar-refractivity contribution in [3.05, 3.63) is 59.2 Å². The van der Waals surface area contributed by atoms with E-state index in [1.165, 1.54) is 11.8 Å². The Hall–Kier alpha value is -3.13. The molecule has 0 saturated heterocycles.